The summed E-state index contributed by atoms with van der Waals surface area (Å²) < 4.78 is 5.27. The first kappa shape index (κ1) is 23.5. The van der Waals surface area contributed by atoms with Gasteiger partial charge >= 0.3 is 6.03 Å². The summed E-state index contributed by atoms with van der Waals surface area (Å²) in [6.07, 6.45) is 4.62. The highest BCUT2D eigenvalue weighted by Crippen LogP contribution is 2.31. The molecule has 0 bridgehead atoms. The van der Waals surface area contributed by atoms with Crippen LogP contribution < -0.4 is 10.1 Å². The van der Waals surface area contributed by atoms with E-state index in [9.17, 15) is 14.4 Å². The number of nitrogens with one attached hydrogen (secondary N) is 1. The number of carbonyl (C=O) groups is 3. The van der Waals surface area contributed by atoms with Crippen molar-refractivity contribution in [2.24, 2.45) is 0 Å². The summed E-state index contributed by atoms with van der Waals surface area (Å²) in [5, 5.41) is 2.86. The zero-order valence-corrected chi connectivity index (χ0v) is 19.7. The van der Waals surface area contributed by atoms with Gasteiger partial charge in [-0.25, -0.2) is 9.69 Å². The molecule has 3 aliphatic rings. The lowest BCUT2D eigenvalue weighted by Crippen LogP contribution is -2.53. The van der Waals surface area contributed by atoms with Crippen LogP contribution in [0.25, 0.3) is 0 Å². The van der Waals surface area contributed by atoms with Crippen LogP contribution in [0.3, 0.4) is 0 Å². The van der Waals surface area contributed by atoms with Crippen molar-refractivity contribution in [1.29, 1.82) is 0 Å². The molecule has 3 heterocycles. The summed E-state index contributed by atoms with van der Waals surface area (Å²) in [6.45, 7) is 7.08. The lowest BCUT2D eigenvalue weighted by atomic mass is 9.92. The quantitative estimate of drug-likeness (QED) is 0.651. The molecular formula is C24H35N5O4. The lowest BCUT2D eigenvalue weighted by molar-refractivity contribution is -0.133. The summed E-state index contributed by atoms with van der Waals surface area (Å²) in [4.78, 5) is 46.2. The van der Waals surface area contributed by atoms with Gasteiger partial charge in [-0.15, -0.1) is 0 Å². The van der Waals surface area contributed by atoms with Crippen LogP contribution in [0.5, 0.6) is 5.75 Å². The second-order valence-electron chi connectivity index (χ2n) is 9.35. The Kier molecular flexibility index (Phi) is 7.19. The van der Waals surface area contributed by atoms with E-state index in [0.717, 1.165) is 39.0 Å². The molecule has 9 nitrogen and oxygen atoms in total. The van der Waals surface area contributed by atoms with Gasteiger partial charge in [0, 0.05) is 39.3 Å². The van der Waals surface area contributed by atoms with Gasteiger partial charge in [-0.3, -0.25) is 19.4 Å². The number of likely N-dealkylation sites (tertiary alicyclic amines) is 1. The first-order chi connectivity index (χ1) is 15.9. The van der Waals surface area contributed by atoms with Crippen LogP contribution in [0.1, 0.15) is 38.2 Å². The van der Waals surface area contributed by atoms with Crippen LogP contribution in [-0.2, 0) is 15.1 Å². The molecule has 3 saturated heterocycles. The summed E-state index contributed by atoms with van der Waals surface area (Å²) in [7, 11) is 1.57. The molecule has 1 aromatic rings. The van der Waals surface area contributed by atoms with Gasteiger partial charge in [0.2, 0.25) is 5.91 Å². The molecule has 1 aromatic carbocycles. The lowest BCUT2D eigenvalue weighted by Gasteiger charge is -2.36. The number of ether oxygens (including phenoxy) is 1. The Hall–Kier alpha value is -2.65. The molecule has 0 aliphatic carbocycles. The molecule has 4 amide bonds. The molecule has 0 aromatic heterocycles. The predicted molar refractivity (Wildman–Crippen MR) is 124 cm³/mol. The van der Waals surface area contributed by atoms with E-state index >= 15 is 0 Å². The van der Waals surface area contributed by atoms with Crippen molar-refractivity contribution in [3.8, 4) is 5.75 Å². The molecule has 180 valence electrons. The maximum atomic E-state index is 13.2. The van der Waals surface area contributed by atoms with Gasteiger partial charge in [0.25, 0.3) is 5.91 Å². The van der Waals surface area contributed by atoms with Crippen LogP contribution >= 0.6 is 0 Å². The Bertz CT molecular complexity index is 877. The van der Waals surface area contributed by atoms with Gasteiger partial charge in [-0.2, -0.15) is 0 Å². The zero-order valence-electron chi connectivity index (χ0n) is 19.7. The first-order valence-corrected chi connectivity index (χ1v) is 11.9. The smallest absolute Gasteiger partial charge is 0.326 e. The zero-order chi connectivity index (χ0) is 23.4. The number of methoxy groups -OCH3 is 1. The van der Waals surface area contributed by atoms with Crippen LogP contribution in [0.4, 0.5) is 4.79 Å². The third-order valence-corrected chi connectivity index (χ3v) is 7.05. The van der Waals surface area contributed by atoms with Gasteiger partial charge in [0.1, 0.15) is 11.3 Å². The van der Waals surface area contributed by atoms with Crippen molar-refractivity contribution in [2.75, 3.05) is 59.6 Å². The fraction of sp³-hybridized carbons (Fsp3) is 0.625. The molecule has 0 spiro atoms. The summed E-state index contributed by atoms with van der Waals surface area (Å²) in [5.41, 5.74) is -0.424. The van der Waals surface area contributed by atoms with E-state index in [-0.39, 0.29) is 24.5 Å². The Morgan fingerprint density at radius 3 is 2.33 bits per heavy atom. The van der Waals surface area contributed by atoms with E-state index in [4.69, 9.17) is 4.74 Å². The van der Waals surface area contributed by atoms with E-state index in [1.165, 1.54) is 17.7 Å². The van der Waals surface area contributed by atoms with E-state index in [1.807, 2.05) is 23.1 Å². The highest BCUT2D eigenvalue weighted by molar-refractivity contribution is 6.07. The topological polar surface area (TPSA) is 85.4 Å². The van der Waals surface area contributed by atoms with Crippen molar-refractivity contribution in [3.05, 3.63) is 29.8 Å². The molecule has 1 unspecified atom stereocenters. The largest absolute Gasteiger partial charge is 0.497 e. The number of hydrogen-bond acceptors (Lipinski definition) is 6. The molecule has 4 rings (SSSR count). The van der Waals surface area contributed by atoms with Crippen molar-refractivity contribution in [1.82, 2.24) is 24.9 Å². The number of piperazine rings is 1. The Balaban J connectivity index is 1.30. The number of imide groups is 1. The van der Waals surface area contributed by atoms with Crippen molar-refractivity contribution in [3.63, 3.8) is 0 Å². The first-order valence-electron chi connectivity index (χ1n) is 11.9. The van der Waals surface area contributed by atoms with Crippen LogP contribution in [-0.4, -0.2) is 97.0 Å². The van der Waals surface area contributed by atoms with E-state index in [2.05, 4.69) is 15.1 Å². The second kappa shape index (κ2) is 10.1. The van der Waals surface area contributed by atoms with Gasteiger partial charge in [-0.1, -0.05) is 25.0 Å². The predicted octanol–water partition coefficient (Wildman–Crippen LogP) is 1.44. The fourth-order valence-corrected chi connectivity index (χ4v) is 4.86. The Morgan fingerprint density at radius 2 is 1.67 bits per heavy atom. The second-order valence-corrected chi connectivity index (χ2v) is 9.35. The van der Waals surface area contributed by atoms with Crippen molar-refractivity contribution < 1.29 is 19.1 Å². The Morgan fingerprint density at radius 1 is 1.00 bits per heavy atom. The average Bonchev–Trinajstić information content (AvgIpc) is 3.02. The van der Waals surface area contributed by atoms with E-state index in [0.29, 0.717) is 30.9 Å². The SMILES string of the molecule is COc1cccc(C2(C)NC(=O)N(CN3CCN(CC(=O)N4CCCCCC4)CC3)C2=O)c1. The molecule has 1 atom stereocenters. The van der Waals surface area contributed by atoms with Gasteiger partial charge in [-0.05, 0) is 37.5 Å². The standard InChI is InChI=1S/C24H35N5O4/c1-24(19-8-7-9-20(16-19)33-2)22(31)29(23(32)25-24)18-27-14-12-26(13-15-27)17-21(30)28-10-5-3-4-6-11-28/h7-9,16H,3-6,10-15,17-18H2,1-2H3,(H,25,32). The fourth-order valence-electron chi connectivity index (χ4n) is 4.86. The summed E-state index contributed by atoms with van der Waals surface area (Å²) in [6, 6.07) is 6.84. The summed E-state index contributed by atoms with van der Waals surface area (Å²) >= 11 is 0. The third-order valence-electron chi connectivity index (χ3n) is 7.05. The number of nitrogens with zero attached hydrogens (tertiary/aromatic N) is 4. The van der Waals surface area contributed by atoms with Crippen LogP contribution in [0.2, 0.25) is 0 Å². The van der Waals surface area contributed by atoms with Crippen molar-refractivity contribution >= 4 is 17.8 Å². The highest BCUT2D eigenvalue weighted by atomic mass is 16.5. The molecule has 1 N–H and O–H groups in total. The number of hydrogen-bond donors (Lipinski definition) is 1. The normalized spacial score (nSPS) is 25.2. The minimum atomic E-state index is -1.12. The maximum Gasteiger partial charge on any atom is 0.326 e. The Labute approximate surface area is 195 Å². The molecule has 0 radical (unpaired) electrons. The third kappa shape index (κ3) is 5.14. The highest BCUT2D eigenvalue weighted by Gasteiger charge is 2.49. The minimum Gasteiger partial charge on any atom is -0.497 e. The van der Waals surface area contributed by atoms with Gasteiger partial charge in [0.05, 0.1) is 20.3 Å². The molecule has 9 heteroatoms. The van der Waals surface area contributed by atoms with E-state index < -0.39 is 5.54 Å². The number of rotatable bonds is 6. The minimum absolute atomic E-state index is 0.216. The average molecular weight is 458 g/mol. The maximum absolute atomic E-state index is 13.2. The molecule has 0 saturated carbocycles. The van der Waals surface area contributed by atoms with Crippen molar-refractivity contribution in [2.45, 2.75) is 38.1 Å². The molecule has 33 heavy (non-hydrogen) atoms. The van der Waals surface area contributed by atoms with E-state index in [1.54, 1.807) is 20.1 Å². The van der Waals surface area contributed by atoms with Crippen LogP contribution in [0, 0.1) is 0 Å². The number of benzene rings is 1. The summed E-state index contributed by atoms with van der Waals surface area (Å²) in [5.74, 6) is 0.591. The number of carbonyl (C=O) groups excluding carboxylic acids is 3. The number of urea groups is 1. The molecular weight excluding hydrogens is 422 g/mol. The van der Waals surface area contributed by atoms with Gasteiger partial charge < -0.3 is 15.0 Å². The number of amides is 4. The van der Waals surface area contributed by atoms with Gasteiger partial charge in [0.15, 0.2) is 0 Å². The molecule has 3 fully saturated rings. The van der Waals surface area contributed by atoms with Crippen LogP contribution in [0.15, 0.2) is 24.3 Å². The molecule has 3 aliphatic heterocycles. The monoisotopic (exact) mass is 457 g/mol.